The maximum atomic E-state index is 5.93. The van der Waals surface area contributed by atoms with E-state index in [0.29, 0.717) is 11.5 Å². The molecule has 0 spiro atoms. The molecule has 3 saturated carbocycles. The van der Waals surface area contributed by atoms with Crippen LogP contribution in [0.25, 0.3) is 0 Å². The molecule has 11 heavy (non-hydrogen) atoms. The van der Waals surface area contributed by atoms with Crippen molar-refractivity contribution >= 4 is 0 Å². The van der Waals surface area contributed by atoms with Crippen LogP contribution in [-0.2, 0) is 0 Å². The third kappa shape index (κ3) is 0.703. The lowest BCUT2D eigenvalue weighted by molar-refractivity contribution is -0.238. The lowest BCUT2D eigenvalue weighted by atomic mass is 9.31. The molecule has 0 saturated heterocycles. The minimum atomic E-state index is 0.433. The number of rotatable bonds is 2. The molecule has 0 radical (unpaired) electrons. The van der Waals surface area contributed by atoms with Crippen LogP contribution < -0.4 is 5.73 Å². The van der Waals surface area contributed by atoms with Gasteiger partial charge in [0.2, 0.25) is 0 Å². The Morgan fingerprint density at radius 2 is 1.45 bits per heavy atom. The molecule has 3 aliphatic carbocycles. The Balaban J connectivity index is 1.99. The predicted molar refractivity (Wildman–Crippen MR) is 47.2 cm³/mol. The van der Waals surface area contributed by atoms with Gasteiger partial charge in [0, 0.05) is 6.04 Å². The van der Waals surface area contributed by atoms with E-state index in [9.17, 15) is 0 Å². The van der Waals surface area contributed by atoms with Crippen molar-refractivity contribution in [2.45, 2.75) is 46.1 Å². The molecule has 0 aromatic rings. The molecule has 1 unspecified atom stereocenters. The smallest absolute Gasteiger partial charge is 0.00676 e. The minimum absolute atomic E-state index is 0.433. The van der Waals surface area contributed by atoms with E-state index in [-0.39, 0.29) is 0 Å². The molecule has 1 nitrogen and oxygen atoms in total. The zero-order valence-corrected chi connectivity index (χ0v) is 7.85. The van der Waals surface area contributed by atoms with E-state index in [1.54, 1.807) is 0 Å². The van der Waals surface area contributed by atoms with Gasteiger partial charge < -0.3 is 5.73 Å². The van der Waals surface area contributed by atoms with Crippen LogP contribution in [0.4, 0.5) is 0 Å². The summed E-state index contributed by atoms with van der Waals surface area (Å²) in [6.07, 6.45) is 4.24. The zero-order chi connectivity index (χ0) is 8.28. The molecule has 1 atom stereocenters. The maximum Gasteiger partial charge on any atom is 0.00676 e. The van der Waals surface area contributed by atoms with Crippen LogP contribution in [0.3, 0.4) is 0 Å². The first-order valence-corrected chi connectivity index (χ1v) is 4.76. The first-order valence-electron chi connectivity index (χ1n) is 4.76. The Labute approximate surface area is 69.4 Å². The van der Waals surface area contributed by atoms with Crippen LogP contribution in [0.1, 0.15) is 40.0 Å². The van der Waals surface area contributed by atoms with Crippen LogP contribution in [0.2, 0.25) is 0 Å². The summed E-state index contributed by atoms with van der Waals surface area (Å²) < 4.78 is 0. The third-order valence-corrected chi connectivity index (χ3v) is 4.30. The van der Waals surface area contributed by atoms with Crippen molar-refractivity contribution in [3.63, 3.8) is 0 Å². The predicted octanol–water partition coefficient (Wildman–Crippen LogP) is 2.16. The van der Waals surface area contributed by atoms with Gasteiger partial charge in [-0.15, -0.1) is 0 Å². The van der Waals surface area contributed by atoms with Crippen molar-refractivity contribution < 1.29 is 0 Å². The topological polar surface area (TPSA) is 26.0 Å². The summed E-state index contributed by atoms with van der Waals surface area (Å²) in [5.74, 6) is 0.878. The highest BCUT2D eigenvalue weighted by molar-refractivity contribution is 5.20. The molecule has 3 rings (SSSR count). The molecule has 0 aromatic carbocycles. The van der Waals surface area contributed by atoms with Gasteiger partial charge in [-0.2, -0.15) is 0 Å². The van der Waals surface area contributed by atoms with Crippen LogP contribution >= 0.6 is 0 Å². The van der Waals surface area contributed by atoms with Gasteiger partial charge >= 0.3 is 0 Å². The zero-order valence-electron chi connectivity index (χ0n) is 7.85. The molecule has 0 heterocycles. The summed E-state index contributed by atoms with van der Waals surface area (Å²) in [5, 5.41) is 0. The van der Waals surface area contributed by atoms with Gasteiger partial charge in [-0.25, -0.2) is 0 Å². The molecular weight excluding hydrogens is 134 g/mol. The average molecular weight is 153 g/mol. The van der Waals surface area contributed by atoms with Gasteiger partial charge in [-0.05, 0) is 42.9 Å². The molecule has 1 heteroatoms. The van der Waals surface area contributed by atoms with Crippen LogP contribution in [0.5, 0.6) is 0 Å². The van der Waals surface area contributed by atoms with Crippen LogP contribution in [0.15, 0.2) is 0 Å². The Morgan fingerprint density at radius 3 is 1.73 bits per heavy atom. The van der Waals surface area contributed by atoms with E-state index in [0.717, 1.165) is 11.3 Å². The fourth-order valence-corrected chi connectivity index (χ4v) is 3.04. The second-order valence-electron chi connectivity index (χ2n) is 5.20. The Bertz CT molecular complexity index is 144. The fraction of sp³-hybridized carbons (Fsp3) is 1.00. The standard InChI is InChI=1S/C10H19N/c1-7(2)9-4-10(5-9,6-9)8(3)11/h7-8H,4-6,11H2,1-3H3. The van der Waals surface area contributed by atoms with E-state index in [2.05, 4.69) is 20.8 Å². The number of nitrogens with two attached hydrogens (primary N) is 1. The molecular formula is C10H19N. The van der Waals surface area contributed by atoms with Gasteiger partial charge in [0.05, 0.1) is 0 Å². The molecule has 3 fully saturated rings. The summed E-state index contributed by atoms with van der Waals surface area (Å²) in [5.41, 5.74) is 7.25. The van der Waals surface area contributed by atoms with Crippen LogP contribution in [-0.4, -0.2) is 6.04 Å². The monoisotopic (exact) mass is 153 g/mol. The summed E-state index contributed by atoms with van der Waals surface area (Å²) in [6.45, 7) is 6.87. The third-order valence-electron chi connectivity index (χ3n) is 4.30. The first-order chi connectivity index (χ1) is 5.01. The van der Waals surface area contributed by atoms with Crippen molar-refractivity contribution in [1.29, 1.82) is 0 Å². The van der Waals surface area contributed by atoms with Gasteiger partial charge in [0.15, 0.2) is 0 Å². The summed E-state index contributed by atoms with van der Waals surface area (Å²) in [4.78, 5) is 0. The van der Waals surface area contributed by atoms with E-state index < -0.39 is 0 Å². The summed E-state index contributed by atoms with van der Waals surface area (Å²) in [7, 11) is 0. The molecule has 3 aliphatic rings. The molecule has 0 amide bonds. The van der Waals surface area contributed by atoms with Crippen LogP contribution in [0, 0.1) is 16.7 Å². The Hall–Kier alpha value is -0.0400. The Morgan fingerprint density at radius 1 is 1.00 bits per heavy atom. The van der Waals surface area contributed by atoms with Crippen molar-refractivity contribution in [2.24, 2.45) is 22.5 Å². The number of hydrogen-bond acceptors (Lipinski definition) is 1. The van der Waals surface area contributed by atoms with E-state index in [1.165, 1.54) is 19.3 Å². The quantitative estimate of drug-likeness (QED) is 0.646. The van der Waals surface area contributed by atoms with Gasteiger partial charge in [-0.3, -0.25) is 0 Å². The van der Waals surface area contributed by atoms with Gasteiger partial charge in [-0.1, -0.05) is 13.8 Å². The molecule has 0 aromatic heterocycles. The summed E-state index contributed by atoms with van der Waals surface area (Å²) >= 11 is 0. The molecule has 2 bridgehead atoms. The minimum Gasteiger partial charge on any atom is -0.327 e. The molecule has 0 aliphatic heterocycles. The van der Waals surface area contributed by atoms with Crippen molar-refractivity contribution in [2.75, 3.05) is 0 Å². The molecule has 64 valence electrons. The molecule has 2 N–H and O–H groups in total. The largest absolute Gasteiger partial charge is 0.327 e. The average Bonchev–Trinajstić information content (AvgIpc) is 1.51. The fourth-order valence-electron chi connectivity index (χ4n) is 3.04. The van der Waals surface area contributed by atoms with Crippen molar-refractivity contribution in [3.05, 3.63) is 0 Å². The normalized spacial score (nSPS) is 49.9. The van der Waals surface area contributed by atoms with Crippen molar-refractivity contribution in [3.8, 4) is 0 Å². The maximum absolute atomic E-state index is 5.93. The van der Waals surface area contributed by atoms with E-state index in [4.69, 9.17) is 5.73 Å². The van der Waals surface area contributed by atoms with Gasteiger partial charge in [0.1, 0.15) is 0 Å². The summed E-state index contributed by atoms with van der Waals surface area (Å²) in [6, 6.07) is 0.433. The van der Waals surface area contributed by atoms with Crippen molar-refractivity contribution in [1.82, 2.24) is 0 Å². The van der Waals surface area contributed by atoms with E-state index in [1.807, 2.05) is 0 Å². The second kappa shape index (κ2) is 1.82. The van der Waals surface area contributed by atoms with E-state index >= 15 is 0 Å². The second-order valence-corrected chi connectivity index (χ2v) is 5.20. The Kier molecular flexibility index (Phi) is 1.26. The highest BCUT2D eigenvalue weighted by Gasteiger charge is 2.69. The van der Waals surface area contributed by atoms with Gasteiger partial charge in [0.25, 0.3) is 0 Å². The highest BCUT2D eigenvalue weighted by atomic mass is 14.8. The lowest BCUT2D eigenvalue weighted by Gasteiger charge is -2.74. The first kappa shape index (κ1) is 7.60. The lowest BCUT2D eigenvalue weighted by Crippen LogP contribution is -2.69. The highest BCUT2D eigenvalue weighted by Crippen LogP contribution is 2.76. The SMILES string of the molecule is CC(C)C12CC(C(C)N)(C1)C2. The number of hydrogen-bond donors (Lipinski definition) is 1.